The summed E-state index contributed by atoms with van der Waals surface area (Å²) in [6.07, 6.45) is 0. The van der Waals surface area contributed by atoms with Crippen LogP contribution in [0.15, 0.2) is 12.2 Å². The molecule has 0 aliphatic rings. The third-order valence-corrected chi connectivity index (χ3v) is 0.818. The Hall–Kier alpha value is -1.19. The zero-order valence-electron chi connectivity index (χ0n) is 5.09. The van der Waals surface area contributed by atoms with Crippen LogP contribution in [-0.4, -0.2) is 17.3 Å². The molecule has 0 aromatic carbocycles. The first-order valence-corrected chi connectivity index (χ1v) is 2.34. The number of hydrogen-bond acceptors (Lipinski definition) is 3. The maximum Gasteiger partial charge on any atom is 0.231 e. The average molecular weight is 129 g/mol. The van der Waals surface area contributed by atoms with Crippen molar-refractivity contribution in [2.75, 3.05) is 6.54 Å². The first-order valence-electron chi connectivity index (χ1n) is 2.34. The van der Waals surface area contributed by atoms with E-state index in [4.69, 9.17) is 0 Å². The van der Waals surface area contributed by atoms with E-state index in [1.54, 1.807) is 0 Å². The van der Waals surface area contributed by atoms with Crippen LogP contribution in [-0.2, 0) is 4.79 Å². The van der Waals surface area contributed by atoms with Gasteiger partial charge in [0.15, 0.2) is 5.78 Å². The summed E-state index contributed by atoms with van der Waals surface area (Å²) in [5, 5.41) is 9.71. The van der Waals surface area contributed by atoms with E-state index in [0.29, 0.717) is 0 Å². The zero-order chi connectivity index (χ0) is 7.44. The summed E-state index contributed by atoms with van der Waals surface area (Å²) in [4.78, 5) is 19.4. The Morgan fingerprint density at radius 1 is 1.78 bits per heavy atom. The molecule has 0 radical (unpaired) electrons. The summed E-state index contributed by atoms with van der Waals surface area (Å²) in [6.45, 7) is 4.01. The van der Waals surface area contributed by atoms with Crippen LogP contribution in [0.2, 0.25) is 0 Å². The topological polar surface area (TPSA) is 60.2 Å². The zero-order valence-corrected chi connectivity index (χ0v) is 5.09. The summed E-state index contributed by atoms with van der Waals surface area (Å²) >= 11 is 0. The molecule has 0 aromatic rings. The fourth-order valence-electron chi connectivity index (χ4n) is 0.267. The van der Waals surface area contributed by atoms with Crippen molar-refractivity contribution in [3.05, 3.63) is 22.3 Å². The van der Waals surface area contributed by atoms with E-state index in [1.165, 1.54) is 6.92 Å². The van der Waals surface area contributed by atoms with Crippen LogP contribution in [0.1, 0.15) is 6.92 Å². The van der Waals surface area contributed by atoms with E-state index < -0.39 is 11.5 Å². The largest absolute Gasteiger partial charge is 0.295 e. The average Bonchev–Trinajstić information content (AvgIpc) is 1.63. The highest BCUT2D eigenvalue weighted by Gasteiger charge is 2.05. The van der Waals surface area contributed by atoms with Gasteiger partial charge in [-0.25, -0.2) is 0 Å². The maximum absolute atomic E-state index is 10.3. The van der Waals surface area contributed by atoms with E-state index in [1.807, 2.05) is 0 Å². The van der Waals surface area contributed by atoms with Crippen molar-refractivity contribution in [3.63, 3.8) is 0 Å². The van der Waals surface area contributed by atoms with Gasteiger partial charge in [-0.3, -0.25) is 14.9 Å². The minimum atomic E-state index is -0.580. The van der Waals surface area contributed by atoms with Crippen molar-refractivity contribution in [1.29, 1.82) is 0 Å². The number of nitrogens with zero attached hydrogens (tertiary/aromatic N) is 1. The van der Waals surface area contributed by atoms with Crippen molar-refractivity contribution in [2.24, 2.45) is 0 Å². The smallest absolute Gasteiger partial charge is 0.231 e. The molecule has 4 nitrogen and oxygen atoms in total. The summed E-state index contributed by atoms with van der Waals surface area (Å²) < 4.78 is 0. The molecule has 0 aliphatic carbocycles. The predicted octanol–water partition coefficient (Wildman–Crippen LogP) is 0.408. The lowest BCUT2D eigenvalue weighted by molar-refractivity contribution is -0.470. The first-order chi connectivity index (χ1) is 4.04. The molecular formula is C5H7NO3. The van der Waals surface area contributed by atoms with Gasteiger partial charge in [-0.1, -0.05) is 6.58 Å². The van der Waals surface area contributed by atoms with Gasteiger partial charge in [0.25, 0.3) is 0 Å². The minimum absolute atomic E-state index is 0.0417. The van der Waals surface area contributed by atoms with Crippen LogP contribution in [0.5, 0.6) is 0 Å². The monoisotopic (exact) mass is 129 g/mol. The van der Waals surface area contributed by atoms with Gasteiger partial charge in [0, 0.05) is 4.92 Å². The van der Waals surface area contributed by atoms with Gasteiger partial charge in [0.05, 0.1) is 5.57 Å². The van der Waals surface area contributed by atoms with Crippen LogP contribution in [0.3, 0.4) is 0 Å². The lowest BCUT2D eigenvalue weighted by Crippen LogP contribution is -2.08. The molecule has 0 amide bonds. The molecule has 0 saturated carbocycles. The van der Waals surface area contributed by atoms with Gasteiger partial charge in [-0.15, -0.1) is 0 Å². The lowest BCUT2D eigenvalue weighted by atomic mass is 10.2. The number of nitro groups is 1. The highest BCUT2D eigenvalue weighted by atomic mass is 16.6. The molecule has 0 unspecified atom stereocenters. The highest BCUT2D eigenvalue weighted by Crippen LogP contribution is 1.90. The first kappa shape index (κ1) is 7.81. The fourth-order valence-corrected chi connectivity index (χ4v) is 0.267. The molecule has 4 heteroatoms. The van der Waals surface area contributed by atoms with Crippen LogP contribution >= 0.6 is 0 Å². The summed E-state index contributed by atoms with van der Waals surface area (Å²) in [7, 11) is 0. The second kappa shape index (κ2) is 2.96. The van der Waals surface area contributed by atoms with E-state index in [-0.39, 0.29) is 11.4 Å². The second-order valence-corrected chi connectivity index (χ2v) is 1.65. The molecule has 0 atom stereocenters. The molecule has 0 bridgehead atoms. The Balaban J connectivity index is 3.79. The maximum atomic E-state index is 10.3. The van der Waals surface area contributed by atoms with E-state index in [0.717, 1.165) is 0 Å². The van der Waals surface area contributed by atoms with Crippen molar-refractivity contribution in [3.8, 4) is 0 Å². The predicted molar refractivity (Wildman–Crippen MR) is 31.7 cm³/mol. The van der Waals surface area contributed by atoms with Crippen molar-refractivity contribution in [1.82, 2.24) is 0 Å². The molecule has 9 heavy (non-hydrogen) atoms. The van der Waals surface area contributed by atoms with Crippen LogP contribution < -0.4 is 0 Å². The number of carbonyl (C=O) groups excluding carboxylic acids is 1. The van der Waals surface area contributed by atoms with Crippen molar-refractivity contribution >= 4 is 5.78 Å². The molecule has 0 heterocycles. The van der Waals surface area contributed by atoms with Crippen LogP contribution in [0, 0.1) is 10.1 Å². The number of hydrogen-bond donors (Lipinski definition) is 0. The van der Waals surface area contributed by atoms with Gasteiger partial charge in [0.2, 0.25) is 6.54 Å². The highest BCUT2D eigenvalue weighted by molar-refractivity contribution is 5.92. The molecule has 0 spiro atoms. The number of ketones is 1. The van der Waals surface area contributed by atoms with Crippen molar-refractivity contribution in [2.45, 2.75) is 6.92 Å². The van der Waals surface area contributed by atoms with Gasteiger partial charge < -0.3 is 0 Å². The normalized spacial score (nSPS) is 8.56. The minimum Gasteiger partial charge on any atom is -0.295 e. The number of carbonyl (C=O) groups is 1. The van der Waals surface area contributed by atoms with E-state index >= 15 is 0 Å². The molecule has 0 aliphatic heterocycles. The molecular weight excluding hydrogens is 122 g/mol. The molecule has 0 N–H and O–H groups in total. The van der Waals surface area contributed by atoms with Crippen molar-refractivity contribution < 1.29 is 9.72 Å². The number of rotatable bonds is 3. The fraction of sp³-hybridized carbons (Fsp3) is 0.400. The molecule has 0 aromatic heterocycles. The third kappa shape index (κ3) is 3.40. The van der Waals surface area contributed by atoms with Crippen LogP contribution in [0.4, 0.5) is 0 Å². The molecule has 0 rings (SSSR count). The quantitative estimate of drug-likeness (QED) is 0.315. The van der Waals surface area contributed by atoms with E-state index in [2.05, 4.69) is 6.58 Å². The van der Waals surface area contributed by atoms with Gasteiger partial charge in [0.1, 0.15) is 0 Å². The standard InChI is InChI=1S/C5H7NO3/c1-4(5(2)7)3-6(8)9/h1,3H2,2H3. The Morgan fingerprint density at radius 3 is 2.33 bits per heavy atom. The third-order valence-electron chi connectivity index (χ3n) is 0.818. The number of Topliss-reactive ketones (excluding diaryl/α,β-unsaturated/α-hetero) is 1. The van der Waals surface area contributed by atoms with Gasteiger partial charge in [-0.2, -0.15) is 0 Å². The molecule has 0 saturated heterocycles. The Labute approximate surface area is 52.3 Å². The van der Waals surface area contributed by atoms with Gasteiger partial charge >= 0.3 is 0 Å². The Morgan fingerprint density at radius 2 is 2.22 bits per heavy atom. The SMILES string of the molecule is C=C(C[N+](=O)[O-])C(C)=O. The molecule has 0 fully saturated rings. The van der Waals surface area contributed by atoms with E-state index in [9.17, 15) is 14.9 Å². The summed E-state index contributed by atoms with van der Waals surface area (Å²) in [5.74, 6) is -0.327. The second-order valence-electron chi connectivity index (χ2n) is 1.65. The summed E-state index contributed by atoms with van der Waals surface area (Å²) in [5.41, 5.74) is 0.0417. The lowest BCUT2D eigenvalue weighted by Gasteiger charge is -1.90. The van der Waals surface area contributed by atoms with Gasteiger partial charge in [-0.05, 0) is 6.92 Å². The Bertz CT molecular complexity index is 162. The Kier molecular flexibility index (Phi) is 2.57. The molecule has 50 valence electrons. The summed E-state index contributed by atoms with van der Waals surface area (Å²) in [6, 6.07) is 0. The van der Waals surface area contributed by atoms with Crippen LogP contribution in [0.25, 0.3) is 0 Å².